The first-order chi connectivity index (χ1) is 15.2. The summed E-state index contributed by atoms with van der Waals surface area (Å²) in [6.45, 7) is 8.52. The zero-order valence-corrected chi connectivity index (χ0v) is 19.8. The number of rotatable bonds is 9. The summed E-state index contributed by atoms with van der Waals surface area (Å²) in [6.07, 6.45) is 0.508. The molecule has 174 valence electrons. The molecule has 0 atom stereocenters. The molecule has 0 fully saturated rings. The van der Waals surface area contributed by atoms with Gasteiger partial charge in [0, 0.05) is 39.4 Å². The number of hydrogen-bond donors (Lipinski definition) is 1. The number of nitrogens with zero attached hydrogens (tertiary/aromatic N) is 2. The fourth-order valence-electron chi connectivity index (χ4n) is 3.36. The highest BCUT2D eigenvalue weighted by Gasteiger charge is 2.23. The smallest absolute Gasteiger partial charge is 0.410 e. The van der Waals surface area contributed by atoms with Crippen LogP contribution in [0.15, 0.2) is 42.5 Å². The normalized spacial score (nSPS) is 12.5. The number of benzene rings is 2. The van der Waals surface area contributed by atoms with E-state index < -0.39 is 5.60 Å². The van der Waals surface area contributed by atoms with Crippen LogP contribution in [-0.4, -0.2) is 50.6 Å². The molecule has 3 rings (SSSR count). The number of ether oxygens (including phenoxy) is 3. The molecule has 0 saturated heterocycles. The van der Waals surface area contributed by atoms with E-state index in [0.717, 1.165) is 30.8 Å². The predicted molar refractivity (Wildman–Crippen MR) is 126 cm³/mol. The Morgan fingerprint density at radius 1 is 1.03 bits per heavy atom. The van der Waals surface area contributed by atoms with E-state index in [0.29, 0.717) is 18.8 Å². The minimum Gasteiger partial charge on any atom is -0.454 e. The summed E-state index contributed by atoms with van der Waals surface area (Å²) in [5.74, 6) is 1.45. The molecule has 0 spiro atoms. The molecule has 2 aromatic carbocycles. The first kappa shape index (κ1) is 23.7. The van der Waals surface area contributed by atoms with Gasteiger partial charge in [-0.05, 0) is 69.1 Å². The molecule has 7 nitrogen and oxygen atoms in total. The highest BCUT2D eigenvalue weighted by molar-refractivity contribution is 5.68. The van der Waals surface area contributed by atoms with Gasteiger partial charge in [-0.2, -0.15) is 0 Å². The highest BCUT2D eigenvalue weighted by atomic mass is 16.7. The second-order valence-corrected chi connectivity index (χ2v) is 9.18. The summed E-state index contributed by atoms with van der Waals surface area (Å²) in [5.41, 5.74) is 2.86. The molecule has 2 aromatic rings. The van der Waals surface area contributed by atoms with Gasteiger partial charge in [-0.25, -0.2) is 4.79 Å². The molecular formula is C25H35N3O4. The van der Waals surface area contributed by atoms with Gasteiger partial charge in [-0.15, -0.1) is 0 Å². The molecule has 32 heavy (non-hydrogen) atoms. The molecule has 1 amide bonds. The Hall–Kier alpha value is -2.93. The SMILES string of the molecule is CN(C)c1ccc(CNCCCN(Cc2ccc3c(c2)OCO3)C(=O)OC(C)(C)C)cc1. The first-order valence-corrected chi connectivity index (χ1v) is 11.0. The van der Waals surface area contributed by atoms with Crippen LogP contribution < -0.4 is 19.7 Å². The van der Waals surface area contributed by atoms with Crippen molar-refractivity contribution in [1.29, 1.82) is 0 Å². The van der Waals surface area contributed by atoms with Gasteiger partial charge in [0.2, 0.25) is 6.79 Å². The average molecular weight is 442 g/mol. The summed E-state index contributed by atoms with van der Waals surface area (Å²) < 4.78 is 16.5. The Morgan fingerprint density at radius 2 is 1.72 bits per heavy atom. The van der Waals surface area contributed by atoms with Gasteiger partial charge in [0.15, 0.2) is 11.5 Å². The van der Waals surface area contributed by atoms with Crippen molar-refractivity contribution in [2.45, 2.75) is 45.9 Å². The minimum absolute atomic E-state index is 0.234. The van der Waals surface area contributed by atoms with E-state index in [1.165, 1.54) is 11.3 Å². The van der Waals surface area contributed by atoms with Crippen molar-refractivity contribution in [3.05, 3.63) is 53.6 Å². The van der Waals surface area contributed by atoms with E-state index in [1.54, 1.807) is 4.90 Å². The first-order valence-electron chi connectivity index (χ1n) is 11.0. The molecule has 1 heterocycles. The number of fused-ring (bicyclic) bond motifs is 1. The Balaban J connectivity index is 1.52. The van der Waals surface area contributed by atoms with Crippen LogP contribution in [0.4, 0.5) is 10.5 Å². The van der Waals surface area contributed by atoms with Crippen LogP contribution in [0.2, 0.25) is 0 Å². The lowest BCUT2D eigenvalue weighted by atomic mass is 10.2. The largest absolute Gasteiger partial charge is 0.454 e. The molecule has 7 heteroatoms. The highest BCUT2D eigenvalue weighted by Crippen LogP contribution is 2.33. The van der Waals surface area contributed by atoms with Crippen LogP contribution in [0, 0.1) is 0 Å². The van der Waals surface area contributed by atoms with E-state index in [-0.39, 0.29) is 12.9 Å². The second kappa shape index (κ2) is 10.6. The number of nitrogens with one attached hydrogen (secondary N) is 1. The van der Waals surface area contributed by atoms with Crippen LogP contribution in [0.25, 0.3) is 0 Å². The Labute approximate surface area is 191 Å². The number of carbonyl (C=O) groups is 1. The Bertz CT molecular complexity index is 891. The summed E-state index contributed by atoms with van der Waals surface area (Å²) in [5, 5.41) is 3.46. The van der Waals surface area contributed by atoms with E-state index >= 15 is 0 Å². The summed E-state index contributed by atoms with van der Waals surface area (Å²) in [6, 6.07) is 14.3. The van der Waals surface area contributed by atoms with Crippen LogP contribution in [0.5, 0.6) is 11.5 Å². The van der Waals surface area contributed by atoms with Gasteiger partial charge in [0.1, 0.15) is 5.60 Å². The van der Waals surface area contributed by atoms with Gasteiger partial charge >= 0.3 is 6.09 Å². The quantitative estimate of drug-likeness (QED) is 0.582. The fraction of sp³-hybridized carbons (Fsp3) is 0.480. The fourth-order valence-corrected chi connectivity index (χ4v) is 3.36. The lowest BCUT2D eigenvalue weighted by Crippen LogP contribution is -2.37. The van der Waals surface area contributed by atoms with Crippen molar-refractivity contribution in [2.75, 3.05) is 38.9 Å². The molecule has 0 bridgehead atoms. The van der Waals surface area contributed by atoms with Crippen molar-refractivity contribution in [2.24, 2.45) is 0 Å². The van der Waals surface area contributed by atoms with E-state index in [4.69, 9.17) is 14.2 Å². The predicted octanol–water partition coefficient (Wildman–Crippen LogP) is 4.40. The molecular weight excluding hydrogens is 406 g/mol. The maximum Gasteiger partial charge on any atom is 0.410 e. The van der Waals surface area contributed by atoms with E-state index in [2.05, 4.69) is 34.5 Å². The van der Waals surface area contributed by atoms with E-state index in [1.807, 2.05) is 53.1 Å². The van der Waals surface area contributed by atoms with Crippen molar-refractivity contribution in [3.63, 3.8) is 0 Å². The number of hydrogen-bond acceptors (Lipinski definition) is 6. The van der Waals surface area contributed by atoms with Crippen molar-refractivity contribution < 1.29 is 19.0 Å². The molecule has 0 saturated carbocycles. The molecule has 1 N–H and O–H groups in total. The van der Waals surface area contributed by atoms with Crippen molar-refractivity contribution >= 4 is 11.8 Å². The molecule has 0 unspecified atom stereocenters. The summed E-state index contributed by atoms with van der Waals surface area (Å²) >= 11 is 0. The lowest BCUT2D eigenvalue weighted by Gasteiger charge is -2.27. The number of anilines is 1. The second-order valence-electron chi connectivity index (χ2n) is 9.18. The molecule has 0 radical (unpaired) electrons. The van der Waals surface area contributed by atoms with Gasteiger partial charge < -0.3 is 29.3 Å². The third-order valence-electron chi connectivity index (χ3n) is 5.03. The minimum atomic E-state index is -0.540. The maximum absolute atomic E-state index is 12.8. The standard InChI is InChI=1S/C25H35N3O4/c1-25(2,3)32-24(29)28(17-20-9-12-22-23(15-20)31-18-30-22)14-6-13-26-16-19-7-10-21(11-8-19)27(4)5/h7-12,15,26H,6,13-14,16-18H2,1-5H3. The molecule has 1 aliphatic heterocycles. The monoisotopic (exact) mass is 441 g/mol. The topological polar surface area (TPSA) is 63.3 Å². The third kappa shape index (κ3) is 7.05. The molecule has 0 aliphatic carbocycles. The van der Waals surface area contributed by atoms with Crippen LogP contribution >= 0.6 is 0 Å². The van der Waals surface area contributed by atoms with Crippen LogP contribution in [-0.2, 0) is 17.8 Å². The van der Waals surface area contributed by atoms with Gasteiger partial charge in [-0.3, -0.25) is 0 Å². The van der Waals surface area contributed by atoms with Crippen LogP contribution in [0.1, 0.15) is 38.3 Å². The summed E-state index contributed by atoms with van der Waals surface area (Å²) in [7, 11) is 4.07. The number of amides is 1. The lowest BCUT2D eigenvalue weighted by molar-refractivity contribution is 0.0231. The van der Waals surface area contributed by atoms with Gasteiger partial charge in [0.25, 0.3) is 0 Å². The molecule has 1 aliphatic rings. The van der Waals surface area contributed by atoms with Crippen molar-refractivity contribution in [1.82, 2.24) is 10.2 Å². The molecule has 0 aromatic heterocycles. The van der Waals surface area contributed by atoms with Crippen molar-refractivity contribution in [3.8, 4) is 11.5 Å². The van der Waals surface area contributed by atoms with Gasteiger partial charge in [0.05, 0.1) is 0 Å². The number of carbonyl (C=O) groups excluding carboxylic acids is 1. The van der Waals surface area contributed by atoms with Crippen LogP contribution in [0.3, 0.4) is 0 Å². The Morgan fingerprint density at radius 3 is 2.41 bits per heavy atom. The average Bonchev–Trinajstić information content (AvgIpc) is 3.19. The van der Waals surface area contributed by atoms with Gasteiger partial charge in [-0.1, -0.05) is 18.2 Å². The third-order valence-corrected chi connectivity index (χ3v) is 5.03. The maximum atomic E-state index is 12.8. The zero-order valence-electron chi connectivity index (χ0n) is 19.8. The summed E-state index contributed by atoms with van der Waals surface area (Å²) in [4.78, 5) is 16.6. The van der Waals surface area contributed by atoms with E-state index in [9.17, 15) is 4.79 Å². The zero-order chi connectivity index (χ0) is 23.1. The Kier molecular flexibility index (Phi) is 7.85.